The summed E-state index contributed by atoms with van der Waals surface area (Å²) in [4.78, 5) is 9.62. The molecule has 3 atom stereocenters. The van der Waals surface area contributed by atoms with Crippen molar-refractivity contribution in [3.8, 4) is 11.5 Å². The first kappa shape index (κ1) is 27.1. The summed E-state index contributed by atoms with van der Waals surface area (Å²) in [5.41, 5.74) is 4.46. The lowest BCUT2D eigenvalue weighted by Crippen LogP contribution is -2.32. The second kappa shape index (κ2) is 11.5. The SMILES string of the molecule is CCC1CC(C)CC1(c1ccccc1)c1cc(OCc2nc3ccccc3s2)ccc1OCc1nc2ccccc2s1. The quantitative estimate of drug-likeness (QED) is 0.168. The van der Waals surface area contributed by atoms with Gasteiger partial charge in [-0.15, -0.1) is 22.7 Å². The highest BCUT2D eigenvalue weighted by Crippen LogP contribution is 2.56. The van der Waals surface area contributed by atoms with Crippen LogP contribution in [0.4, 0.5) is 0 Å². The largest absolute Gasteiger partial charge is 0.486 e. The van der Waals surface area contributed by atoms with E-state index in [0.717, 1.165) is 45.4 Å². The predicted octanol–water partition coefficient (Wildman–Crippen LogP) is 9.81. The van der Waals surface area contributed by atoms with Crippen molar-refractivity contribution in [3.05, 3.63) is 118 Å². The van der Waals surface area contributed by atoms with E-state index in [0.29, 0.717) is 25.0 Å². The summed E-state index contributed by atoms with van der Waals surface area (Å²) in [6.07, 6.45) is 3.38. The van der Waals surface area contributed by atoms with Crippen molar-refractivity contribution in [2.75, 3.05) is 0 Å². The van der Waals surface area contributed by atoms with Crippen LogP contribution in [-0.4, -0.2) is 9.97 Å². The molecular weight excluding hydrogens is 557 g/mol. The van der Waals surface area contributed by atoms with Crippen molar-refractivity contribution >= 4 is 43.1 Å². The van der Waals surface area contributed by atoms with Gasteiger partial charge >= 0.3 is 0 Å². The third-order valence-corrected chi connectivity index (χ3v) is 10.7. The number of nitrogens with zero attached hydrogens (tertiary/aromatic N) is 2. The minimum Gasteiger partial charge on any atom is -0.486 e. The highest BCUT2D eigenvalue weighted by Gasteiger charge is 2.49. The molecule has 4 aromatic carbocycles. The number of benzene rings is 4. The summed E-state index contributed by atoms with van der Waals surface area (Å²) < 4.78 is 15.5. The molecule has 6 heteroatoms. The molecule has 1 saturated carbocycles. The van der Waals surface area contributed by atoms with E-state index in [9.17, 15) is 0 Å². The second-order valence-corrected chi connectivity index (χ2v) is 13.6. The zero-order valence-electron chi connectivity index (χ0n) is 24.0. The Labute approximate surface area is 255 Å². The molecule has 1 aliphatic carbocycles. The lowest BCUT2D eigenvalue weighted by atomic mass is 9.66. The number of para-hydroxylation sites is 2. The fraction of sp³-hybridized carbons (Fsp3) is 0.278. The normalized spacial score (nSPS) is 20.3. The van der Waals surface area contributed by atoms with Gasteiger partial charge in [-0.05, 0) is 72.7 Å². The van der Waals surface area contributed by atoms with Gasteiger partial charge in [0.1, 0.15) is 34.7 Å². The molecule has 42 heavy (non-hydrogen) atoms. The molecule has 4 nitrogen and oxygen atoms in total. The van der Waals surface area contributed by atoms with Crippen LogP contribution < -0.4 is 9.47 Å². The smallest absolute Gasteiger partial charge is 0.140 e. The Morgan fingerprint density at radius 1 is 0.762 bits per heavy atom. The van der Waals surface area contributed by atoms with Crippen LogP contribution in [0, 0.1) is 11.8 Å². The summed E-state index contributed by atoms with van der Waals surface area (Å²) in [6, 6.07) is 34.0. The van der Waals surface area contributed by atoms with Gasteiger partial charge in [0.25, 0.3) is 0 Å². The molecule has 3 unspecified atom stereocenters. The van der Waals surface area contributed by atoms with Crippen LogP contribution in [-0.2, 0) is 18.6 Å². The molecule has 0 N–H and O–H groups in total. The maximum atomic E-state index is 6.68. The van der Waals surface area contributed by atoms with Gasteiger partial charge in [-0.25, -0.2) is 9.97 Å². The van der Waals surface area contributed by atoms with Gasteiger partial charge in [0.2, 0.25) is 0 Å². The molecule has 6 aromatic rings. The van der Waals surface area contributed by atoms with Gasteiger partial charge in [-0.1, -0.05) is 74.9 Å². The maximum Gasteiger partial charge on any atom is 0.140 e. The summed E-state index contributed by atoms with van der Waals surface area (Å²) in [5, 5.41) is 1.96. The molecule has 0 radical (unpaired) electrons. The Morgan fingerprint density at radius 3 is 2.02 bits per heavy atom. The third kappa shape index (κ3) is 5.07. The average molecular weight is 591 g/mol. The van der Waals surface area contributed by atoms with E-state index < -0.39 is 0 Å². The molecule has 212 valence electrons. The van der Waals surface area contributed by atoms with Crippen molar-refractivity contribution in [2.24, 2.45) is 11.8 Å². The highest BCUT2D eigenvalue weighted by atomic mass is 32.1. The van der Waals surface area contributed by atoms with Crippen LogP contribution in [0.25, 0.3) is 20.4 Å². The van der Waals surface area contributed by atoms with Crippen molar-refractivity contribution in [1.29, 1.82) is 0 Å². The van der Waals surface area contributed by atoms with Crippen LogP contribution in [0.5, 0.6) is 11.5 Å². The van der Waals surface area contributed by atoms with E-state index in [2.05, 4.69) is 92.7 Å². The molecule has 1 aliphatic rings. The number of thiazole rings is 2. The van der Waals surface area contributed by atoms with Crippen molar-refractivity contribution in [2.45, 2.75) is 51.7 Å². The van der Waals surface area contributed by atoms with Gasteiger partial charge in [0, 0.05) is 11.0 Å². The Balaban J connectivity index is 1.27. The van der Waals surface area contributed by atoms with Gasteiger partial charge in [0.15, 0.2) is 0 Å². The van der Waals surface area contributed by atoms with Crippen molar-refractivity contribution in [3.63, 3.8) is 0 Å². The first-order valence-electron chi connectivity index (χ1n) is 14.8. The number of hydrogen-bond donors (Lipinski definition) is 0. The van der Waals surface area contributed by atoms with Crippen molar-refractivity contribution < 1.29 is 9.47 Å². The van der Waals surface area contributed by atoms with Gasteiger partial charge in [0.05, 0.1) is 20.4 Å². The van der Waals surface area contributed by atoms with E-state index in [4.69, 9.17) is 19.4 Å². The van der Waals surface area contributed by atoms with Crippen LogP contribution in [0.15, 0.2) is 97.1 Å². The van der Waals surface area contributed by atoms with E-state index >= 15 is 0 Å². The molecule has 0 amide bonds. The van der Waals surface area contributed by atoms with E-state index in [-0.39, 0.29) is 5.41 Å². The van der Waals surface area contributed by atoms with Gasteiger partial charge in [-0.3, -0.25) is 0 Å². The Morgan fingerprint density at radius 2 is 1.38 bits per heavy atom. The highest BCUT2D eigenvalue weighted by molar-refractivity contribution is 7.18. The first-order valence-corrected chi connectivity index (χ1v) is 16.4. The fourth-order valence-electron chi connectivity index (χ4n) is 6.90. The summed E-state index contributed by atoms with van der Waals surface area (Å²) in [6.45, 7) is 5.60. The van der Waals surface area contributed by atoms with Crippen molar-refractivity contribution in [1.82, 2.24) is 9.97 Å². The summed E-state index contributed by atoms with van der Waals surface area (Å²) in [7, 11) is 0. The van der Waals surface area contributed by atoms with Crippen LogP contribution >= 0.6 is 22.7 Å². The molecule has 0 bridgehead atoms. The Kier molecular flexibility index (Phi) is 7.43. The Bertz CT molecular complexity index is 1760. The molecular formula is C36H34N2O2S2. The van der Waals surface area contributed by atoms with Gasteiger partial charge in [-0.2, -0.15) is 0 Å². The van der Waals surface area contributed by atoms with E-state index in [1.807, 2.05) is 18.2 Å². The lowest BCUT2D eigenvalue weighted by molar-refractivity contribution is 0.278. The average Bonchev–Trinajstić information content (AvgIpc) is 3.74. The minimum atomic E-state index is -0.159. The zero-order valence-corrected chi connectivity index (χ0v) is 25.6. The van der Waals surface area contributed by atoms with Crippen LogP contribution in [0.2, 0.25) is 0 Å². The monoisotopic (exact) mass is 590 g/mol. The summed E-state index contributed by atoms with van der Waals surface area (Å²) in [5.74, 6) is 2.87. The fourth-order valence-corrected chi connectivity index (χ4v) is 8.66. The molecule has 0 aliphatic heterocycles. The summed E-state index contributed by atoms with van der Waals surface area (Å²) >= 11 is 3.39. The van der Waals surface area contributed by atoms with E-state index in [1.165, 1.54) is 26.9 Å². The lowest BCUT2D eigenvalue weighted by Gasteiger charge is -2.38. The topological polar surface area (TPSA) is 44.2 Å². The molecule has 7 rings (SSSR count). The van der Waals surface area contributed by atoms with Gasteiger partial charge < -0.3 is 9.47 Å². The third-order valence-electron chi connectivity index (χ3n) is 8.66. The molecule has 2 aromatic heterocycles. The minimum absolute atomic E-state index is 0.159. The zero-order chi connectivity index (χ0) is 28.5. The van der Waals surface area contributed by atoms with Crippen LogP contribution in [0.1, 0.15) is 54.3 Å². The molecule has 0 spiro atoms. The number of hydrogen-bond acceptors (Lipinski definition) is 6. The van der Waals surface area contributed by atoms with E-state index in [1.54, 1.807) is 22.7 Å². The predicted molar refractivity (Wildman–Crippen MR) is 174 cm³/mol. The Hall–Kier alpha value is -3.74. The molecule has 1 fully saturated rings. The first-order chi connectivity index (χ1) is 20.6. The molecule has 0 saturated heterocycles. The standard InChI is InChI=1S/C36H34N2O2S2/c1-3-25-19-24(2)21-36(25,26-11-5-4-6-12-26)28-20-27(39-22-34-37-29-13-7-9-15-32(29)41-34)17-18-31(28)40-23-35-38-30-14-8-10-16-33(30)42-35/h4-18,20,24-25H,3,19,21-23H2,1-2H3. The number of aromatic nitrogens is 2. The number of rotatable bonds is 9. The number of ether oxygens (including phenoxy) is 2. The molecule has 2 heterocycles. The second-order valence-electron chi connectivity index (χ2n) is 11.4. The van der Waals surface area contributed by atoms with Crippen LogP contribution in [0.3, 0.4) is 0 Å². The number of fused-ring (bicyclic) bond motifs is 2. The maximum absolute atomic E-state index is 6.68.